The zero-order valence-corrected chi connectivity index (χ0v) is 27.8. The van der Waals surface area contributed by atoms with Crippen LogP contribution in [0.25, 0.3) is 11.1 Å². The van der Waals surface area contributed by atoms with Gasteiger partial charge in [0.05, 0.1) is 5.69 Å². The maximum absolute atomic E-state index is 13.8. The third-order valence-corrected chi connectivity index (χ3v) is 10.4. The predicted molar refractivity (Wildman–Crippen MR) is 173 cm³/mol. The van der Waals surface area contributed by atoms with Crippen LogP contribution in [0.3, 0.4) is 0 Å². The number of aromatic nitrogens is 4. The highest BCUT2D eigenvalue weighted by Crippen LogP contribution is 2.51. The molecule has 1 aromatic carbocycles. The number of carbonyl (C=O) groups is 2. The molecule has 0 radical (unpaired) electrons. The Morgan fingerprint density at radius 2 is 1.67 bits per heavy atom. The molecule has 232 valence electrons. The Morgan fingerprint density at radius 1 is 1.02 bits per heavy atom. The van der Waals surface area contributed by atoms with E-state index >= 15 is 0 Å². The van der Waals surface area contributed by atoms with Crippen molar-refractivity contribution >= 4 is 25.6 Å². The van der Waals surface area contributed by atoms with E-state index in [4.69, 9.17) is 9.84 Å². The van der Waals surface area contributed by atoms with Crippen molar-refractivity contribution in [3.8, 4) is 11.1 Å². The lowest BCUT2D eigenvalue weighted by molar-refractivity contribution is -0.119. The Labute approximate surface area is 256 Å². The van der Waals surface area contributed by atoms with E-state index in [-0.39, 0.29) is 23.8 Å². The van der Waals surface area contributed by atoms with Gasteiger partial charge in [-0.3, -0.25) is 14.3 Å². The molecule has 2 amide bonds. The molecule has 5 rings (SSSR count). The van der Waals surface area contributed by atoms with E-state index in [1.54, 1.807) is 16.9 Å². The molecule has 2 heterocycles. The summed E-state index contributed by atoms with van der Waals surface area (Å²) in [6, 6.07) is 10.2. The van der Waals surface area contributed by atoms with Gasteiger partial charge in [0, 0.05) is 43.9 Å². The number of benzene rings is 1. The molecule has 0 bridgehead atoms. The van der Waals surface area contributed by atoms with Crippen molar-refractivity contribution in [2.24, 2.45) is 17.8 Å². The molecular weight excluding hydrogens is 556 g/mol. The maximum atomic E-state index is 13.8. The standard InChI is InChI=1S/C33H48N6O3Si/c1-21(2)39-28(16-17-34-39)32(40)36-31(30(25-8-9-25)26-10-11-26)33(41)35-27-14-12-24(13-15-27)29-22(3)37-38(23(29)4)20-42-18-19-43(5,6)7/h12-17,21,25-26,30-31H,8-11,18-20H2,1-7H3,(H,35,41)(H,36,40)/t31-/m0/s1. The van der Waals surface area contributed by atoms with Gasteiger partial charge in [-0.15, -0.1) is 0 Å². The van der Waals surface area contributed by atoms with E-state index in [9.17, 15) is 9.59 Å². The van der Waals surface area contributed by atoms with Crippen molar-refractivity contribution in [1.29, 1.82) is 0 Å². The summed E-state index contributed by atoms with van der Waals surface area (Å²) in [4.78, 5) is 27.2. The first-order chi connectivity index (χ1) is 20.4. The van der Waals surface area contributed by atoms with Crippen LogP contribution in [0.5, 0.6) is 0 Å². The van der Waals surface area contributed by atoms with Gasteiger partial charge in [-0.25, -0.2) is 4.68 Å². The molecule has 0 saturated heterocycles. The molecule has 9 nitrogen and oxygen atoms in total. The van der Waals surface area contributed by atoms with Gasteiger partial charge in [0.25, 0.3) is 5.91 Å². The zero-order valence-electron chi connectivity index (χ0n) is 26.8. The van der Waals surface area contributed by atoms with Gasteiger partial charge in [-0.2, -0.15) is 10.2 Å². The molecule has 1 atom stereocenters. The number of ether oxygens (including phenoxy) is 1. The predicted octanol–water partition coefficient (Wildman–Crippen LogP) is 6.43. The highest BCUT2D eigenvalue weighted by Gasteiger charge is 2.48. The largest absolute Gasteiger partial charge is 0.360 e. The molecule has 2 saturated carbocycles. The number of anilines is 1. The van der Waals surface area contributed by atoms with Gasteiger partial charge < -0.3 is 15.4 Å². The van der Waals surface area contributed by atoms with Crippen LogP contribution < -0.4 is 10.6 Å². The molecule has 0 spiro atoms. The van der Waals surface area contributed by atoms with Crippen molar-refractivity contribution in [2.45, 2.75) is 97.9 Å². The van der Waals surface area contributed by atoms with E-state index in [1.165, 1.54) is 0 Å². The highest BCUT2D eigenvalue weighted by atomic mass is 28.3. The third-order valence-electron chi connectivity index (χ3n) is 8.71. The summed E-state index contributed by atoms with van der Waals surface area (Å²) in [5, 5.41) is 15.3. The number of nitrogens with one attached hydrogen (secondary N) is 2. The lowest BCUT2D eigenvalue weighted by atomic mass is 9.88. The lowest BCUT2D eigenvalue weighted by Crippen LogP contribution is -2.50. The van der Waals surface area contributed by atoms with Crippen LogP contribution in [0.4, 0.5) is 5.69 Å². The van der Waals surface area contributed by atoms with Crippen molar-refractivity contribution in [2.75, 3.05) is 11.9 Å². The van der Waals surface area contributed by atoms with Crippen LogP contribution in [0.1, 0.15) is 67.4 Å². The monoisotopic (exact) mass is 604 g/mol. The normalized spacial score (nSPS) is 16.1. The Bertz CT molecular complexity index is 1420. The van der Waals surface area contributed by atoms with Crippen molar-refractivity contribution in [3.63, 3.8) is 0 Å². The topological polar surface area (TPSA) is 103 Å². The second-order valence-electron chi connectivity index (χ2n) is 13.9. The number of aryl methyl sites for hydroxylation is 1. The minimum absolute atomic E-state index is 0.0473. The second-order valence-corrected chi connectivity index (χ2v) is 19.5. The summed E-state index contributed by atoms with van der Waals surface area (Å²) in [5.74, 6) is 0.727. The molecule has 2 aliphatic rings. The quantitative estimate of drug-likeness (QED) is 0.163. The van der Waals surface area contributed by atoms with E-state index in [2.05, 4.69) is 42.3 Å². The number of hydrogen-bond acceptors (Lipinski definition) is 5. The van der Waals surface area contributed by atoms with Crippen LogP contribution in [-0.4, -0.2) is 52.1 Å². The molecule has 2 aliphatic carbocycles. The van der Waals surface area contributed by atoms with Crippen LogP contribution in [0.15, 0.2) is 36.5 Å². The van der Waals surface area contributed by atoms with Crippen molar-refractivity contribution in [1.82, 2.24) is 24.9 Å². The number of nitrogens with zero attached hydrogens (tertiary/aromatic N) is 4. The number of hydrogen-bond donors (Lipinski definition) is 2. The summed E-state index contributed by atoms with van der Waals surface area (Å²) in [6.45, 7) is 16.3. The number of carbonyl (C=O) groups excluding carboxylic acids is 2. The minimum atomic E-state index is -1.14. The second kappa shape index (κ2) is 12.8. The lowest BCUT2D eigenvalue weighted by Gasteiger charge is -2.28. The first-order valence-corrected chi connectivity index (χ1v) is 19.5. The van der Waals surface area contributed by atoms with E-state index in [1.807, 2.05) is 49.7 Å². The van der Waals surface area contributed by atoms with Crippen molar-refractivity contribution in [3.05, 3.63) is 53.6 Å². The van der Waals surface area contributed by atoms with Gasteiger partial charge in [0.2, 0.25) is 5.91 Å². The molecule has 0 unspecified atom stereocenters. The summed E-state index contributed by atoms with van der Waals surface area (Å²) < 4.78 is 9.59. The smallest absolute Gasteiger partial charge is 0.270 e. The summed E-state index contributed by atoms with van der Waals surface area (Å²) in [6.07, 6.45) is 6.12. The molecule has 10 heteroatoms. The fourth-order valence-electron chi connectivity index (χ4n) is 6.06. The summed E-state index contributed by atoms with van der Waals surface area (Å²) in [5.41, 5.74) is 5.33. The molecular formula is C33H48N6O3Si. The van der Waals surface area contributed by atoms with E-state index in [0.717, 1.165) is 60.8 Å². The molecule has 2 aromatic heterocycles. The summed E-state index contributed by atoms with van der Waals surface area (Å²) >= 11 is 0. The van der Waals surface area contributed by atoms with Crippen LogP contribution in [0, 0.1) is 31.6 Å². The van der Waals surface area contributed by atoms with Gasteiger partial charge in [-0.1, -0.05) is 31.8 Å². The Hall–Kier alpha value is -3.24. The SMILES string of the molecule is Cc1nn(COCC[Si](C)(C)C)c(C)c1-c1ccc(NC(=O)[C@@H](NC(=O)c2ccnn2C(C)C)C(C2CC2)C2CC2)cc1. The molecule has 0 aliphatic heterocycles. The van der Waals surface area contributed by atoms with Crippen molar-refractivity contribution < 1.29 is 14.3 Å². The van der Waals surface area contributed by atoms with Gasteiger partial charge in [0.1, 0.15) is 18.5 Å². The number of rotatable bonds is 14. The third kappa shape index (κ3) is 7.65. The molecule has 3 aromatic rings. The summed E-state index contributed by atoms with van der Waals surface area (Å²) in [7, 11) is -1.14. The van der Waals surface area contributed by atoms with Gasteiger partial charge in [0.15, 0.2) is 0 Å². The minimum Gasteiger partial charge on any atom is -0.360 e. The Balaban J connectivity index is 1.29. The maximum Gasteiger partial charge on any atom is 0.270 e. The van der Waals surface area contributed by atoms with Gasteiger partial charge in [-0.05, 0) is 101 Å². The zero-order chi connectivity index (χ0) is 30.9. The first-order valence-electron chi connectivity index (χ1n) is 15.8. The average Bonchev–Trinajstić information content (AvgIpc) is 3.88. The molecule has 43 heavy (non-hydrogen) atoms. The fourth-order valence-corrected chi connectivity index (χ4v) is 6.82. The number of amides is 2. The Morgan fingerprint density at radius 3 is 2.26 bits per heavy atom. The first kappa shape index (κ1) is 31.2. The Kier molecular flexibility index (Phi) is 9.27. The molecule has 2 N–H and O–H groups in total. The van der Waals surface area contributed by atoms with E-state index in [0.29, 0.717) is 29.9 Å². The average molecular weight is 605 g/mol. The highest BCUT2D eigenvalue weighted by molar-refractivity contribution is 6.76. The molecule has 2 fully saturated rings. The van der Waals surface area contributed by atoms with Crippen LogP contribution >= 0.6 is 0 Å². The van der Waals surface area contributed by atoms with Crippen LogP contribution in [0.2, 0.25) is 25.7 Å². The van der Waals surface area contributed by atoms with Crippen LogP contribution in [-0.2, 0) is 16.3 Å². The van der Waals surface area contributed by atoms with E-state index < -0.39 is 14.1 Å². The van der Waals surface area contributed by atoms with Gasteiger partial charge >= 0.3 is 0 Å². The fraction of sp³-hybridized carbons (Fsp3) is 0.576.